The number of fused-ring (bicyclic) bond motifs is 1. The quantitative estimate of drug-likeness (QED) is 0.264. The van der Waals surface area contributed by atoms with E-state index < -0.39 is 46.3 Å². The summed E-state index contributed by atoms with van der Waals surface area (Å²) in [4.78, 5) is 57.8. The fourth-order valence-electron chi connectivity index (χ4n) is 3.65. The summed E-state index contributed by atoms with van der Waals surface area (Å²) in [5.74, 6) is -2.53. The van der Waals surface area contributed by atoms with Crippen molar-refractivity contribution in [3.8, 4) is 5.75 Å². The molecule has 38 heavy (non-hydrogen) atoms. The number of nitrogens with zero attached hydrogens (tertiary/aromatic N) is 4. The summed E-state index contributed by atoms with van der Waals surface area (Å²) in [6.07, 6.45) is 0.501. The lowest BCUT2D eigenvalue weighted by Gasteiger charge is -2.34. The van der Waals surface area contributed by atoms with Crippen molar-refractivity contribution >= 4 is 28.8 Å². The molecule has 0 spiro atoms. The van der Waals surface area contributed by atoms with Crippen LogP contribution in [0.1, 0.15) is 64.7 Å². The average molecular weight is 525 g/mol. The maximum atomic E-state index is 13.7. The summed E-state index contributed by atoms with van der Waals surface area (Å²) in [5.41, 5.74) is -4.13. The number of carbonyl (C=O) groups excluding carboxylic acids is 3. The number of hydrogen-bond acceptors (Lipinski definition) is 10. The summed E-state index contributed by atoms with van der Waals surface area (Å²) in [5, 5.41) is 17.5. The van der Waals surface area contributed by atoms with E-state index in [1.165, 1.54) is 30.5 Å². The summed E-state index contributed by atoms with van der Waals surface area (Å²) < 4.78 is 12.2. The number of esters is 2. The number of aromatic nitrogens is 4. The van der Waals surface area contributed by atoms with Crippen molar-refractivity contribution in [1.82, 2.24) is 20.0 Å². The molecular formula is C27H32N4O7. The van der Waals surface area contributed by atoms with Gasteiger partial charge >= 0.3 is 11.9 Å². The zero-order chi connectivity index (χ0) is 28.3. The largest absolute Gasteiger partial charge is 0.508 e. The minimum atomic E-state index is -2.12. The van der Waals surface area contributed by atoms with Crippen LogP contribution in [-0.4, -0.2) is 54.0 Å². The Morgan fingerprint density at radius 2 is 1.50 bits per heavy atom. The molecule has 202 valence electrons. The van der Waals surface area contributed by atoms with Crippen molar-refractivity contribution < 1.29 is 29.0 Å². The molecule has 0 aliphatic carbocycles. The summed E-state index contributed by atoms with van der Waals surface area (Å²) in [7, 11) is 0. The normalized spacial score (nSPS) is 12.3. The molecule has 0 atom stereocenters. The first-order valence-electron chi connectivity index (χ1n) is 12.1. The Morgan fingerprint density at radius 1 is 0.921 bits per heavy atom. The van der Waals surface area contributed by atoms with E-state index >= 15 is 0 Å². The van der Waals surface area contributed by atoms with Crippen LogP contribution >= 0.6 is 0 Å². The number of rotatable bonds is 8. The molecular weight excluding hydrogens is 492 g/mol. The molecule has 2 aromatic heterocycles. The number of phenolic OH excluding ortho intramolecular Hbond substituents is 1. The highest BCUT2D eigenvalue weighted by atomic mass is 16.6. The van der Waals surface area contributed by atoms with Gasteiger partial charge in [0.05, 0.1) is 0 Å². The molecule has 0 amide bonds. The van der Waals surface area contributed by atoms with Crippen LogP contribution < -0.4 is 5.56 Å². The van der Waals surface area contributed by atoms with Gasteiger partial charge in [0.1, 0.15) is 22.5 Å². The van der Waals surface area contributed by atoms with Crippen LogP contribution in [0, 0.1) is 5.41 Å². The van der Waals surface area contributed by atoms with Gasteiger partial charge in [-0.25, -0.2) is 9.67 Å². The molecule has 1 aromatic carbocycles. The monoisotopic (exact) mass is 524 g/mol. The van der Waals surface area contributed by atoms with Gasteiger partial charge in [-0.3, -0.25) is 19.2 Å². The lowest BCUT2D eigenvalue weighted by molar-refractivity contribution is -0.186. The van der Waals surface area contributed by atoms with Crippen molar-refractivity contribution in [2.45, 2.75) is 72.1 Å². The predicted molar refractivity (Wildman–Crippen MR) is 137 cm³/mol. The summed E-state index contributed by atoms with van der Waals surface area (Å²) in [6.45, 7) is 9.57. The van der Waals surface area contributed by atoms with Gasteiger partial charge in [-0.1, -0.05) is 5.21 Å². The number of benzene rings is 1. The maximum Gasteiger partial charge on any atom is 0.324 e. The SMILES string of the molecule is CC(C)(C)OC(=O)C(CCn1nnc2cccnc2c1=O)(CC(=O)c1ccc(O)cc1)C(=O)OC(C)(C)C. The second-order valence-corrected chi connectivity index (χ2v) is 11.0. The zero-order valence-corrected chi connectivity index (χ0v) is 22.3. The number of pyridine rings is 1. The zero-order valence-electron chi connectivity index (χ0n) is 22.3. The van der Waals surface area contributed by atoms with Crippen LogP contribution in [0.5, 0.6) is 5.75 Å². The van der Waals surface area contributed by atoms with E-state index in [0.717, 1.165) is 4.68 Å². The Balaban J connectivity index is 2.09. The molecule has 0 saturated carbocycles. The number of aryl methyl sites for hydroxylation is 1. The van der Waals surface area contributed by atoms with Crippen molar-refractivity contribution in [1.29, 1.82) is 0 Å². The summed E-state index contributed by atoms with van der Waals surface area (Å²) >= 11 is 0. The van der Waals surface area contributed by atoms with E-state index in [2.05, 4.69) is 15.3 Å². The van der Waals surface area contributed by atoms with Gasteiger partial charge in [0.15, 0.2) is 16.7 Å². The van der Waals surface area contributed by atoms with Crippen LogP contribution in [0.3, 0.4) is 0 Å². The number of ketones is 1. The average Bonchev–Trinajstić information content (AvgIpc) is 2.81. The van der Waals surface area contributed by atoms with Gasteiger partial charge in [-0.15, -0.1) is 5.10 Å². The molecule has 11 heteroatoms. The lowest BCUT2D eigenvalue weighted by Crippen LogP contribution is -2.49. The molecule has 11 nitrogen and oxygen atoms in total. The molecule has 0 aliphatic rings. The first kappa shape index (κ1) is 28.4. The molecule has 0 unspecified atom stereocenters. The Bertz CT molecular complexity index is 1370. The van der Waals surface area contributed by atoms with Crippen LogP contribution in [0.4, 0.5) is 0 Å². The van der Waals surface area contributed by atoms with Gasteiger partial charge in [0, 0.05) is 24.7 Å². The van der Waals surface area contributed by atoms with E-state index in [1.54, 1.807) is 53.7 Å². The van der Waals surface area contributed by atoms with Gasteiger partial charge < -0.3 is 14.6 Å². The highest BCUT2D eigenvalue weighted by molar-refractivity contribution is 6.07. The standard InChI is InChI=1S/C27H32N4O7/c1-25(2,3)37-23(35)27(24(36)38-26(4,5)6,16-20(33)17-9-11-18(32)12-10-17)13-15-31-22(34)21-19(29-30-31)8-7-14-28-21/h7-12,14,32H,13,15-16H2,1-6H3. The van der Waals surface area contributed by atoms with Gasteiger partial charge in [-0.05, 0) is 84.4 Å². The number of carbonyl (C=O) groups is 3. The number of Topliss-reactive ketones (excluding diaryl/α,β-unsaturated/α-hetero) is 1. The van der Waals surface area contributed by atoms with Crippen LogP contribution in [-0.2, 0) is 25.6 Å². The Kier molecular flexibility index (Phi) is 7.99. The fourth-order valence-corrected chi connectivity index (χ4v) is 3.65. The third-order valence-corrected chi connectivity index (χ3v) is 5.47. The second-order valence-electron chi connectivity index (χ2n) is 11.0. The van der Waals surface area contributed by atoms with Crippen LogP contribution in [0.25, 0.3) is 11.0 Å². The maximum absolute atomic E-state index is 13.7. The molecule has 0 aliphatic heterocycles. The number of hydrogen-bond donors (Lipinski definition) is 1. The molecule has 0 fully saturated rings. The minimum Gasteiger partial charge on any atom is -0.508 e. The number of aromatic hydroxyl groups is 1. The Labute approximate surface area is 219 Å². The van der Waals surface area contributed by atoms with Crippen LogP contribution in [0.2, 0.25) is 0 Å². The number of phenols is 1. The third-order valence-electron chi connectivity index (χ3n) is 5.47. The van der Waals surface area contributed by atoms with Gasteiger partial charge in [0.25, 0.3) is 5.56 Å². The highest BCUT2D eigenvalue weighted by Crippen LogP contribution is 2.36. The second kappa shape index (κ2) is 10.7. The van der Waals surface area contributed by atoms with E-state index in [-0.39, 0.29) is 29.8 Å². The smallest absolute Gasteiger partial charge is 0.324 e. The van der Waals surface area contributed by atoms with Crippen molar-refractivity contribution in [2.24, 2.45) is 5.41 Å². The molecule has 3 aromatic rings. The first-order valence-corrected chi connectivity index (χ1v) is 12.1. The third kappa shape index (κ3) is 6.78. The van der Waals surface area contributed by atoms with E-state index in [1.807, 2.05) is 0 Å². The Morgan fingerprint density at radius 3 is 2.05 bits per heavy atom. The Hall–Kier alpha value is -4.15. The summed E-state index contributed by atoms with van der Waals surface area (Å²) in [6, 6.07) is 8.63. The van der Waals surface area contributed by atoms with E-state index in [0.29, 0.717) is 5.52 Å². The molecule has 0 bridgehead atoms. The van der Waals surface area contributed by atoms with Crippen molar-refractivity contribution in [3.63, 3.8) is 0 Å². The van der Waals surface area contributed by atoms with Crippen molar-refractivity contribution in [2.75, 3.05) is 0 Å². The molecule has 0 saturated heterocycles. The molecule has 1 N–H and O–H groups in total. The molecule has 0 radical (unpaired) electrons. The van der Waals surface area contributed by atoms with Gasteiger partial charge in [0.2, 0.25) is 0 Å². The fraction of sp³-hybridized carbons (Fsp3) is 0.444. The lowest BCUT2D eigenvalue weighted by atomic mass is 9.78. The predicted octanol–water partition coefficient (Wildman–Crippen LogP) is 3.23. The topological polar surface area (TPSA) is 151 Å². The highest BCUT2D eigenvalue weighted by Gasteiger charge is 2.52. The van der Waals surface area contributed by atoms with Crippen LogP contribution in [0.15, 0.2) is 47.4 Å². The molecule has 2 heterocycles. The first-order chi connectivity index (χ1) is 17.6. The van der Waals surface area contributed by atoms with Gasteiger partial charge in [-0.2, -0.15) is 0 Å². The van der Waals surface area contributed by atoms with E-state index in [4.69, 9.17) is 9.47 Å². The molecule has 3 rings (SSSR count). The minimum absolute atomic E-state index is 0.0463. The van der Waals surface area contributed by atoms with Crippen molar-refractivity contribution in [3.05, 3.63) is 58.5 Å². The van der Waals surface area contributed by atoms with E-state index in [9.17, 15) is 24.3 Å². The number of ether oxygens (including phenoxy) is 2.